The maximum atomic E-state index is 12.3. The molecule has 2 rings (SSSR count). The molecule has 0 saturated carbocycles. The molecular formula is C17H32N2O2. The molecule has 0 bridgehead atoms. The number of carbonyl (C=O) groups is 1. The van der Waals surface area contributed by atoms with Crippen molar-refractivity contribution < 1.29 is 9.53 Å². The summed E-state index contributed by atoms with van der Waals surface area (Å²) in [6.45, 7) is 14.6. The number of carbonyl (C=O) groups excluding carboxylic acids is 1. The molecule has 0 amide bonds. The predicted molar refractivity (Wildman–Crippen MR) is 85.1 cm³/mol. The topological polar surface area (TPSA) is 41.6 Å². The third kappa shape index (κ3) is 4.96. The molecule has 2 heterocycles. The van der Waals surface area contributed by atoms with Crippen LogP contribution in [0.25, 0.3) is 0 Å². The molecule has 0 aromatic carbocycles. The molecule has 0 aliphatic carbocycles. The lowest BCUT2D eigenvalue weighted by Gasteiger charge is -2.43. The summed E-state index contributed by atoms with van der Waals surface area (Å²) in [6, 6.07) is 0.474. The smallest absolute Gasteiger partial charge is 0.310 e. The number of hydrogen-bond donors (Lipinski definition) is 1. The zero-order valence-corrected chi connectivity index (χ0v) is 14.3. The van der Waals surface area contributed by atoms with Crippen molar-refractivity contribution in [2.24, 2.45) is 17.8 Å². The van der Waals surface area contributed by atoms with Gasteiger partial charge in [-0.25, -0.2) is 0 Å². The molecule has 0 spiro atoms. The summed E-state index contributed by atoms with van der Waals surface area (Å²) in [7, 11) is 0. The number of nitrogens with zero attached hydrogens (tertiary/aromatic N) is 1. The lowest BCUT2D eigenvalue weighted by atomic mass is 9.88. The van der Waals surface area contributed by atoms with Gasteiger partial charge in [-0.2, -0.15) is 0 Å². The summed E-state index contributed by atoms with van der Waals surface area (Å²) in [6.07, 6.45) is 2.26. The van der Waals surface area contributed by atoms with Crippen LogP contribution in [0.5, 0.6) is 0 Å². The van der Waals surface area contributed by atoms with E-state index in [4.69, 9.17) is 4.74 Å². The third-order valence-corrected chi connectivity index (χ3v) is 4.48. The van der Waals surface area contributed by atoms with Crippen molar-refractivity contribution in [3.05, 3.63) is 0 Å². The second kappa shape index (κ2) is 6.66. The first-order valence-corrected chi connectivity index (χ1v) is 8.42. The average Bonchev–Trinajstić information content (AvgIpc) is 2.36. The Morgan fingerprint density at radius 2 is 1.71 bits per heavy atom. The van der Waals surface area contributed by atoms with E-state index in [9.17, 15) is 4.79 Å². The van der Waals surface area contributed by atoms with Gasteiger partial charge in [0.25, 0.3) is 0 Å². The van der Waals surface area contributed by atoms with Gasteiger partial charge in [-0.3, -0.25) is 9.69 Å². The van der Waals surface area contributed by atoms with E-state index in [0.717, 1.165) is 44.4 Å². The summed E-state index contributed by atoms with van der Waals surface area (Å²) < 4.78 is 5.56. The van der Waals surface area contributed by atoms with Crippen LogP contribution in [0.4, 0.5) is 0 Å². The Kier molecular flexibility index (Phi) is 5.31. The largest absolute Gasteiger partial charge is 0.460 e. The van der Waals surface area contributed by atoms with E-state index < -0.39 is 5.60 Å². The minimum absolute atomic E-state index is 0.00415. The molecule has 0 aromatic heterocycles. The molecule has 0 aromatic rings. The van der Waals surface area contributed by atoms with E-state index in [1.165, 1.54) is 6.42 Å². The molecule has 0 radical (unpaired) electrons. The highest BCUT2D eigenvalue weighted by Crippen LogP contribution is 2.26. The van der Waals surface area contributed by atoms with Crippen LogP contribution in [-0.2, 0) is 9.53 Å². The number of nitrogens with one attached hydrogen (secondary N) is 1. The maximum absolute atomic E-state index is 12.3. The standard InChI is InChI=1S/C17H32N2O2/c1-12-6-13(2)11-19(10-12)15-7-14(8-18-9-15)16(20)21-17(3,4)5/h12-15,18H,6-11H2,1-5H3. The lowest BCUT2D eigenvalue weighted by molar-refractivity contribution is -0.161. The minimum Gasteiger partial charge on any atom is -0.460 e. The highest BCUT2D eigenvalue weighted by molar-refractivity contribution is 5.73. The van der Waals surface area contributed by atoms with Crippen molar-refractivity contribution in [3.8, 4) is 0 Å². The van der Waals surface area contributed by atoms with E-state index in [1.807, 2.05) is 20.8 Å². The molecule has 4 nitrogen and oxygen atoms in total. The predicted octanol–water partition coefficient (Wildman–Crippen LogP) is 2.28. The lowest BCUT2D eigenvalue weighted by Crippen LogP contribution is -2.54. The van der Waals surface area contributed by atoms with Crippen LogP contribution in [0.3, 0.4) is 0 Å². The van der Waals surface area contributed by atoms with Crippen molar-refractivity contribution in [1.82, 2.24) is 10.2 Å². The zero-order valence-electron chi connectivity index (χ0n) is 14.3. The second-order valence-corrected chi connectivity index (χ2v) is 8.18. The van der Waals surface area contributed by atoms with Crippen molar-refractivity contribution in [2.75, 3.05) is 26.2 Å². The van der Waals surface area contributed by atoms with Gasteiger partial charge >= 0.3 is 5.97 Å². The minimum atomic E-state index is -0.391. The van der Waals surface area contributed by atoms with Crippen LogP contribution in [0.15, 0.2) is 0 Å². The Labute approximate surface area is 129 Å². The molecule has 1 N–H and O–H groups in total. The fourth-order valence-corrected chi connectivity index (χ4v) is 3.77. The van der Waals surface area contributed by atoms with Gasteiger partial charge in [-0.1, -0.05) is 13.8 Å². The van der Waals surface area contributed by atoms with E-state index in [0.29, 0.717) is 6.04 Å². The van der Waals surface area contributed by atoms with Crippen molar-refractivity contribution in [3.63, 3.8) is 0 Å². The molecule has 2 aliphatic heterocycles. The Morgan fingerprint density at radius 1 is 1.10 bits per heavy atom. The van der Waals surface area contributed by atoms with Crippen molar-refractivity contribution in [1.29, 1.82) is 0 Å². The highest BCUT2D eigenvalue weighted by atomic mass is 16.6. The molecular weight excluding hydrogens is 264 g/mol. The first kappa shape index (κ1) is 16.8. The van der Waals surface area contributed by atoms with Gasteiger partial charge in [-0.05, 0) is 45.4 Å². The molecule has 4 heteroatoms. The van der Waals surface area contributed by atoms with Crippen molar-refractivity contribution >= 4 is 5.97 Å². The first-order chi connectivity index (χ1) is 9.74. The first-order valence-electron chi connectivity index (χ1n) is 8.42. The van der Waals surface area contributed by atoms with Crippen LogP contribution in [0, 0.1) is 17.8 Å². The van der Waals surface area contributed by atoms with Gasteiger partial charge in [0, 0.05) is 32.2 Å². The molecule has 122 valence electrons. The second-order valence-electron chi connectivity index (χ2n) is 8.18. The number of piperidine rings is 2. The zero-order chi connectivity index (χ0) is 15.6. The molecule has 2 saturated heterocycles. The monoisotopic (exact) mass is 296 g/mol. The van der Waals surface area contributed by atoms with E-state index in [2.05, 4.69) is 24.1 Å². The van der Waals surface area contributed by atoms with Crippen LogP contribution in [-0.4, -0.2) is 48.7 Å². The molecule has 21 heavy (non-hydrogen) atoms. The Morgan fingerprint density at radius 3 is 2.29 bits per heavy atom. The fourth-order valence-electron chi connectivity index (χ4n) is 3.77. The Bertz CT molecular complexity index is 354. The number of likely N-dealkylation sites (tertiary alicyclic amines) is 1. The number of hydrogen-bond acceptors (Lipinski definition) is 4. The summed E-state index contributed by atoms with van der Waals surface area (Å²) in [4.78, 5) is 14.9. The van der Waals surface area contributed by atoms with Crippen LogP contribution < -0.4 is 5.32 Å². The van der Waals surface area contributed by atoms with Crippen LogP contribution in [0.1, 0.15) is 47.5 Å². The number of rotatable bonds is 2. The summed E-state index contributed by atoms with van der Waals surface area (Å²) in [5.74, 6) is 1.47. The average molecular weight is 296 g/mol. The van der Waals surface area contributed by atoms with E-state index >= 15 is 0 Å². The molecule has 2 fully saturated rings. The van der Waals surface area contributed by atoms with Gasteiger partial charge < -0.3 is 10.1 Å². The van der Waals surface area contributed by atoms with E-state index in [1.54, 1.807) is 0 Å². The van der Waals surface area contributed by atoms with Crippen LogP contribution in [0.2, 0.25) is 0 Å². The van der Waals surface area contributed by atoms with Gasteiger partial charge in [0.15, 0.2) is 0 Å². The quantitative estimate of drug-likeness (QED) is 0.794. The van der Waals surface area contributed by atoms with Gasteiger partial charge in [-0.15, -0.1) is 0 Å². The number of ether oxygens (including phenoxy) is 1. The Hall–Kier alpha value is -0.610. The molecule has 4 atom stereocenters. The SMILES string of the molecule is CC1CC(C)CN(C2CNCC(C(=O)OC(C)(C)C)C2)C1. The third-order valence-electron chi connectivity index (χ3n) is 4.48. The van der Waals surface area contributed by atoms with Crippen LogP contribution >= 0.6 is 0 Å². The van der Waals surface area contributed by atoms with Gasteiger partial charge in [0.1, 0.15) is 5.60 Å². The van der Waals surface area contributed by atoms with Crippen molar-refractivity contribution in [2.45, 2.75) is 59.1 Å². The number of esters is 1. The summed E-state index contributed by atoms with van der Waals surface area (Å²) in [5.41, 5.74) is -0.391. The maximum Gasteiger partial charge on any atom is 0.310 e. The summed E-state index contributed by atoms with van der Waals surface area (Å²) in [5, 5.41) is 3.44. The molecule has 4 unspecified atom stereocenters. The Balaban J connectivity index is 1.92. The normalized spacial score (nSPS) is 35.5. The van der Waals surface area contributed by atoms with Gasteiger partial charge in [0.2, 0.25) is 0 Å². The van der Waals surface area contributed by atoms with E-state index in [-0.39, 0.29) is 11.9 Å². The molecule has 2 aliphatic rings. The summed E-state index contributed by atoms with van der Waals surface area (Å²) >= 11 is 0. The van der Waals surface area contributed by atoms with Gasteiger partial charge in [0.05, 0.1) is 5.92 Å². The highest BCUT2D eigenvalue weighted by Gasteiger charge is 2.35. The fraction of sp³-hybridized carbons (Fsp3) is 0.941.